The van der Waals surface area contributed by atoms with Crippen molar-refractivity contribution in [3.05, 3.63) is 78.4 Å². The maximum absolute atomic E-state index is 9.51. The number of fused-ring (bicyclic) bond motifs is 1. The number of hydrogen-bond donors (Lipinski definition) is 2. The molecule has 0 radical (unpaired) electrons. The van der Waals surface area contributed by atoms with E-state index >= 15 is 0 Å². The molecule has 0 aliphatic heterocycles. The summed E-state index contributed by atoms with van der Waals surface area (Å²) < 4.78 is 0. The molecule has 0 aliphatic rings. The highest BCUT2D eigenvalue weighted by Gasteiger charge is 2.11. The fourth-order valence-electron chi connectivity index (χ4n) is 2.87. The molecular weight excluding hydrogens is 310 g/mol. The van der Waals surface area contributed by atoms with E-state index in [0.717, 1.165) is 39.1 Å². The maximum atomic E-state index is 9.51. The van der Waals surface area contributed by atoms with E-state index in [9.17, 15) is 5.11 Å². The van der Waals surface area contributed by atoms with Gasteiger partial charge in [-0.2, -0.15) is 0 Å². The van der Waals surface area contributed by atoms with Gasteiger partial charge in [-0.05, 0) is 42.8 Å². The minimum Gasteiger partial charge on any atom is -0.508 e. The number of phenols is 1. The highest BCUT2D eigenvalue weighted by molar-refractivity contribution is 6.00. The van der Waals surface area contributed by atoms with Gasteiger partial charge in [0, 0.05) is 22.0 Å². The second kappa shape index (κ2) is 6.24. The van der Waals surface area contributed by atoms with Gasteiger partial charge < -0.3 is 10.4 Å². The van der Waals surface area contributed by atoms with Crippen LogP contribution in [0, 0.1) is 6.92 Å². The third-order valence-corrected chi connectivity index (χ3v) is 4.23. The number of nitrogens with zero attached hydrogens (tertiary/aromatic N) is 2. The number of rotatable bonds is 3. The number of hydrogen-bond acceptors (Lipinski definition) is 4. The smallest absolute Gasteiger partial charge is 0.161 e. The molecule has 25 heavy (non-hydrogen) atoms. The third-order valence-electron chi connectivity index (χ3n) is 4.23. The fraction of sp³-hybridized carbons (Fsp3) is 0.0476. The van der Waals surface area contributed by atoms with E-state index in [1.165, 1.54) is 0 Å². The van der Waals surface area contributed by atoms with Crippen LogP contribution in [-0.2, 0) is 0 Å². The van der Waals surface area contributed by atoms with Crippen LogP contribution in [0.4, 0.5) is 11.5 Å². The predicted molar refractivity (Wildman–Crippen MR) is 101 cm³/mol. The van der Waals surface area contributed by atoms with Gasteiger partial charge in [0.25, 0.3) is 0 Å². The normalized spacial score (nSPS) is 10.8. The van der Waals surface area contributed by atoms with Gasteiger partial charge in [0.2, 0.25) is 0 Å². The lowest BCUT2D eigenvalue weighted by Crippen LogP contribution is -2.00. The summed E-state index contributed by atoms with van der Waals surface area (Å²) in [4.78, 5) is 0. The molecule has 0 unspecified atom stereocenters. The maximum Gasteiger partial charge on any atom is 0.161 e. The van der Waals surface area contributed by atoms with Crippen LogP contribution in [0.5, 0.6) is 5.75 Å². The Hall–Kier alpha value is -3.40. The Balaban J connectivity index is 1.85. The number of benzene rings is 3. The van der Waals surface area contributed by atoms with E-state index in [1.807, 2.05) is 54.6 Å². The quantitative estimate of drug-likeness (QED) is 0.552. The molecule has 0 saturated heterocycles. The molecule has 122 valence electrons. The van der Waals surface area contributed by atoms with Crippen molar-refractivity contribution in [2.24, 2.45) is 0 Å². The third kappa shape index (κ3) is 2.90. The van der Waals surface area contributed by atoms with E-state index in [0.29, 0.717) is 0 Å². The molecule has 0 spiro atoms. The highest BCUT2D eigenvalue weighted by atomic mass is 16.3. The van der Waals surface area contributed by atoms with E-state index in [-0.39, 0.29) is 5.75 Å². The largest absolute Gasteiger partial charge is 0.508 e. The molecule has 0 amide bonds. The predicted octanol–water partition coefficient (Wildman–Crippen LogP) is 5.05. The first kappa shape index (κ1) is 15.1. The van der Waals surface area contributed by atoms with Crippen LogP contribution in [-0.4, -0.2) is 15.3 Å². The van der Waals surface area contributed by atoms with Crippen molar-refractivity contribution < 1.29 is 5.11 Å². The zero-order chi connectivity index (χ0) is 17.2. The summed E-state index contributed by atoms with van der Waals surface area (Å²) in [5.74, 6) is 0.964. The molecule has 1 heterocycles. The van der Waals surface area contributed by atoms with Crippen LogP contribution in [0.25, 0.3) is 22.0 Å². The van der Waals surface area contributed by atoms with Crippen molar-refractivity contribution >= 4 is 22.3 Å². The first-order chi connectivity index (χ1) is 12.2. The molecule has 3 aromatic carbocycles. The van der Waals surface area contributed by atoms with Crippen LogP contribution >= 0.6 is 0 Å². The zero-order valence-corrected chi connectivity index (χ0v) is 13.8. The standard InChI is InChI=1S/C21H17N3O/c1-14-6-2-5-9-19(14)22-21-18-8-4-3-7-17(18)20(23-24-21)15-10-12-16(25)13-11-15/h2-13,25H,1H3,(H,22,24). The minimum atomic E-state index is 0.235. The van der Waals surface area contributed by atoms with Crippen LogP contribution in [0.3, 0.4) is 0 Å². The molecule has 4 nitrogen and oxygen atoms in total. The molecule has 0 bridgehead atoms. The Morgan fingerprint density at radius 2 is 1.44 bits per heavy atom. The molecule has 0 aliphatic carbocycles. The number of phenolic OH excluding ortho intramolecular Hbond substituents is 1. The topological polar surface area (TPSA) is 58.0 Å². The minimum absolute atomic E-state index is 0.235. The van der Waals surface area contributed by atoms with Crippen molar-refractivity contribution in [1.82, 2.24) is 10.2 Å². The lowest BCUT2D eigenvalue weighted by Gasteiger charge is -2.12. The SMILES string of the molecule is Cc1ccccc1Nc1nnc(-c2ccc(O)cc2)c2ccccc12. The van der Waals surface area contributed by atoms with Gasteiger partial charge in [0.1, 0.15) is 11.4 Å². The summed E-state index contributed by atoms with van der Waals surface area (Å²) >= 11 is 0. The van der Waals surface area contributed by atoms with Gasteiger partial charge in [-0.25, -0.2) is 0 Å². The number of aryl methyl sites for hydroxylation is 1. The van der Waals surface area contributed by atoms with E-state index in [2.05, 4.69) is 28.5 Å². The molecule has 1 aromatic heterocycles. The van der Waals surface area contributed by atoms with Crippen molar-refractivity contribution in [2.45, 2.75) is 6.92 Å². The zero-order valence-electron chi connectivity index (χ0n) is 13.8. The lowest BCUT2D eigenvalue weighted by atomic mass is 10.0. The molecule has 0 fully saturated rings. The van der Waals surface area contributed by atoms with Gasteiger partial charge in [0.15, 0.2) is 5.82 Å². The lowest BCUT2D eigenvalue weighted by molar-refractivity contribution is 0.475. The number of nitrogens with one attached hydrogen (secondary N) is 1. The number of aromatic hydroxyl groups is 1. The second-order valence-electron chi connectivity index (χ2n) is 5.93. The average molecular weight is 327 g/mol. The first-order valence-electron chi connectivity index (χ1n) is 8.10. The van der Waals surface area contributed by atoms with Gasteiger partial charge in [0.05, 0.1) is 0 Å². The second-order valence-corrected chi connectivity index (χ2v) is 5.93. The molecule has 4 heteroatoms. The Labute approximate surface area is 145 Å². The first-order valence-corrected chi connectivity index (χ1v) is 8.10. The van der Waals surface area contributed by atoms with Crippen molar-refractivity contribution in [1.29, 1.82) is 0 Å². The van der Waals surface area contributed by atoms with Crippen LogP contribution < -0.4 is 5.32 Å². The van der Waals surface area contributed by atoms with Crippen molar-refractivity contribution in [3.8, 4) is 17.0 Å². The Morgan fingerprint density at radius 1 is 0.760 bits per heavy atom. The summed E-state index contributed by atoms with van der Waals surface area (Å²) in [5.41, 5.74) is 3.88. The van der Waals surface area contributed by atoms with Crippen LogP contribution in [0.15, 0.2) is 72.8 Å². The van der Waals surface area contributed by atoms with Crippen LogP contribution in [0.1, 0.15) is 5.56 Å². The van der Waals surface area contributed by atoms with Crippen molar-refractivity contribution in [2.75, 3.05) is 5.32 Å². The number of para-hydroxylation sites is 1. The van der Waals surface area contributed by atoms with Crippen LogP contribution in [0.2, 0.25) is 0 Å². The van der Waals surface area contributed by atoms with E-state index in [4.69, 9.17) is 0 Å². The van der Waals surface area contributed by atoms with Gasteiger partial charge in [-0.1, -0.05) is 42.5 Å². The van der Waals surface area contributed by atoms with E-state index in [1.54, 1.807) is 12.1 Å². The van der Waals surface area contributed by atoms with E-state index < -0.39 is 0 Å². The average Bonchev–Trinajstić information content (AvgIpc) is 2.65. The summed E-state index contributed by atoms with van der Waals surface area (Å²) in [7, 11) is 0. The molecule has 4 rings (SSSR count). The molecule has 0 atom stereocenters. The Bertz CT molecular complexity index is 1040. The number of aromatic nitrogens is 2. The highest BCUT2D eigenvalue weighted by Crippen LogP contribution is 2.32. The molecule has 4 aromatic rings. The van der Waals surface area contributed by atoms with Crippen molar-refractivity contribution in [3.63, 3.8) is 0 Å². The molecular formula is C21H17N3O. The number of anilines is 2. The molecule has 2 N–H and O–H groups in total. The fourth-order valence-corrected chi connectivity index (χ4v) is 2.87. The Kier molecular flexibility index (Phi) is 3.78. The summed E-state index contributed by atoms with van der Waals surface area (Å²) in [6, 6.07) is 23.2. The Morgan fingerprint density at radius 3 is 2.20 bits per heavy atom. The molecule has 0 saturated carbocycles. The van der Waals surface area contributed by atoms with Gasteiger partial charge in [-0.3, -0.25) is 0 Å². The summed E-state index contributed by atoms with van der Waals surface area (Å²) in [6.07, 6.45) is 0. The van der Waals surface area contributed by atoms with Gasteiger partial charge in [-0.15, -0.1) is 10.2 Å². The monoisotopic (exact) mass is 327 g/mol. The summed E-state index contributed by atoms with van der Waals surface area (Å²) in [6.45, 7) is 2.06. The van der Waals surface area contributed by atoms with Gasteiger partial charge >= 0.3 is 0 Å². The summed E-state index contributed by atoms with van der Waals surface area (Å²) in [5, 5.41) is 23.8.